The number of esters is 1. The zero-order chi connectivity index (χ0) is 12.8. The van der Waals surface area contributed by atoms with Crippen molar-refractivity contribution in [1.29, 1.82) is 0 Å². The lowest BCUT2D eigenvalue weighted by Crippen LogP contribution is -2.20. The standard InChI is InChI=1S/C12H15BrO4/c1-3-17-12(15)10(7-14)9-6-8(13)4-5-11(9)16-2/h4-6,10,14H,3,7H2,1-2H3/t10-/m1/s1. The van der Waals surface area contributed by atoms with Crippen LogP contribution in [-0.2, 0) is 9.53 Å². The molecule has 0 unspecified atom stereocenters. The van der Waals surface area contributed by atoms with E-state index in [2.05, 4.69) is 15.9 Å². The molecule has 0 aliphatic heterocycles. The number of methoxy groups -OCH3 is 1. The summed E-state index contributed by atoms with van der Waals surface area (Å²) in [7, 11) is 1.52. The summed E-state index contributed by atoms with van der Waals surface area (Å²) in [6, 6.07) is 5.29. The molecule has 0 radical (unpaired) electrons. The molecule has 0 fully saturated rings. The van der Waals surface area contributed by atoms with Gasteiger partial charge in [0, 0.05) is 10.0 Å². The first-order valence-electron chi connectivity index (χ1n) is 5.25. The molecule has 17 heavy (non-hydrogen) atoms. The van der Waals surface area contributed by atoms with Crippen molar-refractivity contribution < 1.29 is 19.4 Å². The minimum absolute atomic E-state index is 0.283. The number of halogens is 1. The van der Waals surface area contributed by atoms with E-state index >= 15 is 0 Å². The molecule has 5 heteroatoms. The molecular formula is C12H15BrO4. The van der Waals surface area contributed by atoms with Crippen LogP contribution < -0.4 is 4.74 Å². The highest BCUT2D eigenvalue weighted by Crippen LogP contribution is 2.30. The van der Waals surface area contributed by atoms with Gasteiger partial charge in [-0.1, -0.05) is 15.9 Å². The van der Waals surface area contributed by atoms with Crippen molar-refractivity contribution in [3.8, 4) is 5.75 Å². The van der Waals surface area contributed by atoms with Crippen molar-refractivity contribution in [2.45, 2.75) is 12.8 Å². The normalized spacial score (nSPS) is 12.0. The van der Waals surface area contributed by atoms with Crippen LogP contribution in [0.4, 0.5) is 0 Å². The average Bonchev–Trinajstić information content (AvgIpc) is 2.31. The average molecular weight is 303 g/mol. The SMILES string of the molecule is CCOC(=O)[C@H](CO)c1cc(Br)ccc1OC. The maximum absolute atomic E-state index is 11.7. The minimum Gasteiger partial charge on any atom is -0.496 e. The van der Waals surface area contributed by atoms with Crippen molar-refractivity contribution in [3.05, 3.63) is 28.2 Å². The predicted molar refractivity (Wildman–Crippen MR) is 67.2 cm³/mol. The monoisotopic (exact) mass is 302 g/mol. The summed E-state index contributed by atoms with van der Waals surface area (Å²) in [5, 5.41) is 9.32. The highest BCUT2D eigenvalue weighted by atomic mass is 79.9. The molecule has 4 nitrogen and oxygen atoms in total. The molecule has 0 saturated carbocycles. The van der Waals surface area contributed by atoms with Crippen LogP contribution in [0.15, 0.2) is 22.7 Å². The first-order chi connectivity index (χ1) is 8.13. The lowest BCUT2D eigenvalue weighted by Gasteiger charge is -2.16. The Morgan fingerprint density at radius 2 is 2.24 bits per heavy atom. The number of benzene rings is 1. The van der Waals surface area contributed by atoms with Crippen LogP contribution in [0.1, 0.15) is 18.4 Å². The van der Waals surface area contributed by atoms with E-state index in [1.165, 1.54) is 7.11 Å². The van der Waals surface area contributed by atoms with Gasteiger partial charge in [0.05, 0.1) is 20.3 Å². The summed E-state index contributed by atoms with van der Waals surface area (Å²) in [6.07, 6.45) is 0. The Bertz CT molecular complexity index is 392. The van der Waals surface area contributed by atoms with Gasteiger partial charge in [-0.3, -0.25) is 4.79 Å². The predicted octanol–water partition coefficient (Wildman–Crippen LogP) is 2.10. The number of carbonyl (C=O) groups is 1. The Balaban J connectivity index is 3.09. The smallest absolute Gasteiger partial charge is 0.315 e. The van der Waals surface area contributed by atoms with Crippen molar-refractivity contribution >= 4 is 21.9 Å². The fraction of sp³-hybridized carbons (Fsp3) is 0.417. The molecule has 0 heterocycles. The molecule has 0 amide bonds. The topological polar surface area (TPSA) is 55.8 Å². The van der Waals surface area contributed by atoms with Crippen molar-refractivity contribution in [2.75, 3.05) is 20.3 Å². The summed E-state index contributed by atoms with van der Waals surface area (Å²) in [5.74, 6) is -0.617. The van der Waals surface area contributed by atoms with Gasteiger partial charge in [0.15, 0.2) is 0 Å². The molecule has 1 rings (SSSR count). The van der Waals surface area contributed by atoms with Crippen LogP contribution in [0.25, 0.3) is 0 Å². The number of aliphatic hydroxyl groups is 1. The number of hydrogen-bond acceptors (Lipinski definition) is 4. The van der Waals surface area contributed by atoms with E-state index in [9.17, 15) is 9.90 Å². The second-order valence-corrected chi connectivity index (χ2v) is 4.29. The lowest BCUT2D eigenvalue weighted by molar-refractivity contribution is -0.146. The van der Waals surface area contributed by atoms with Gasteiger partial charge in [0.1, 0.15) is 11.7 Å². The molecule has 0 aliphatic carbocycles. The summed E-state index contributed by atoms with van der Waals surface area (Å²) >= 11 is 3.32. The molecule has 0 aromatic heterocycles. The number of aliphatic hydroxyl groups excluding tert-OH is 1. The van der Waals surface area contributed by atoms with Crippen molar-refractivity contribution in [1.82, 2.24) is 0 Å². The molecular weight excluding hydrogens is 288 g/mol. The molecule has 0 spiro atoms. The minimum atomic E-state index is -0.720. The first kappa shape index (κ1) is 14.0. The van der Waals surface area contributed by atoms with E-state index in [-0.39, 0.29) is 13.2 Å². The maximum Gasteiger partial charge on any atom is 0.315 e. The van der Waals surface area contributed by atoms with E-state index < -0.39 is 11.9 Å². The zero-order valence-corrected chi connectivity index (χ0v) is 11.4. The van der Waals surface area contributed by atoms with Crippen LogP contribution in [0, 0.1) is 0 Å². The fourth-order valence-corrected chi connectivity index (χ4v) is 1.90. The van der Waals surface area contributed by atoms with E-state index in [1.807, 2.05) is 6.07 Å². The molecule has 0 saturated heterocycles. The maximum atomic E-state index is 11.7. The van der Waals surface area contributed by atoms with Crippen molar-refractivity contribution in [2.24, 2.45) is 0 Å². The van der Waals surface area contributed by atoms with Gasteiger partial charge < -0.3 is 14.6 Å². The summed E-state index contributed by atoms with van der Waals surface area (Å²) in [4.78, 5) is 11.7. The fourth-order valence-electron chi connectivity index (χ4n) is 1.52. The lowest BCUT2D eigenvalue weighted by atomic mass is 9.99. The number of carbonyl (C=O) groups excluding carboxylic acids is 1. The Labute approximate surface area is 109 Å². The quantitative estimate of drug-likeness (QED) is 0.846. The second kappa shape index (κ2) is 6.61. The molecule has 94 valence electrons. The number of ether oxygens (including phenoxy) is 2. The number of hydrogen-bond donors (Lipinski definition) is 1. The first-order valence-corrected chi connectivity index (χ1v) is 6.04. The van der Waals surface area contributed by atoms with E-state index in [4.69, 9.17) is 9.47 Å². The Morgan fingerprint density at radius 3 is 2.76 bits per heavy atom. The molecule has 1 aromatic rings. The molecule has 1 atom stereocenters. The van der Waals surface area contributed by atoms with Gasteiger partial charge in [-0.25, -0.2) is 0 Å². The van der Waals surface area contributed by atoms with Crippen molar-refractivity contribution in [3.63, 3.8) is 0 Å². The van der Waals surface area contributed by atoms with Crippen LogP contribution in [0.3, 0.4) is 0 Å². The summed E-state index contributed by atoms with van der Waals surface area (Å²) < 4.78 is 10.9. The molecule has 0 bridgehead atoms. The van der Waals surface area contributed by atoms with Crippen LogP contribution in [0.2, 0.25) is 0 Å². The number of rotatable bonds is 5. The summed E-state index contributed by atoms with van der Waals surface area (Å²) in [6.45, 7) is 1.70. The van der Waals surface area contributed by atoms with E-state index in [0.717, 1.165) is 4.47 Å². The molecule has 1 N–H and O–H groups in total. The third kappa shape index (κ3) is 3.44. The summed E-state index contributed by atoms with van der Waals surface area (Å²) in [5.41, 5.74) is 0.614. The Hall–Kier alpha value is -1.07. The largest absolute Gasteiger partial charge is 0.496 e. The zero-order valence-electron chi connectivity index (χ0n) is 9.77. The highest BCUT2D eigenvalue weighted by Gasteiger charge is 2.24. The molecule has 0 aliphatic rings. The third-order valence-electron chi connectivity index (χ3n) is 2.32. The Kier molecular flexibility index (Phi) is 5.44. The van der Waals surface area contributed by atoms with Crippen LogP contribution >= 0.6 is 15.9 Å². The van der Waals surface area contributed by atoms with Gasteiger partial charge in [0.2, 0.25) is 0 Å². The van der Waals surface area contributed by atoms with Crippen LogP contribution in [0.5, 0.6) is 5.75 Å². The van der Waals surface area contributed by atoms with E-state index in [1.54, 1.807) is 19.1 Å². The van der Waals surface area contributed by atoms with E-state index in [0.29, 0.717) is 11.3 Å². The van der Waals surface area contributed by atoms with Gasteiger partial charge >= 0.3 is 5.97 Å². The van der Waals surface area contributed by atoms with Gasteiger partial charge in [-0.05, 0) is 25.1 Å². The Morgan fingerprint density at radius 1 is 1.53 bits per heavy atom. The van der Waals surface area contributed by atoms with Gasteiger partial charge in [0.25, 0.3) is 0 Å². The van der Waals surface area contributed by atoms with Gasteiger partial charge in [-0.2, -0.15) is 0 Å². The third-order valence-corrected chi connectivity index (χ3v) is 2.81. The second-order valence-electron chi connectivity index (χ2n) is 3.37. The van der Waals surface area contributed by atoms with Gasteiger partial charge in [-0.15, -0.1) is 0 Å². The van der Waals surface area contributed by atoms with Crippen LogP contribution in [-0.4, -0.2) is 31.4 Å². The highest BCUT2D eigenvalue weighted by molar-refractivity contribution is 9.10. The molecule has 1 aromatic carbocycles.